The number of carbonyl (C=O) groups is 1. The number of amides is 1. The minimum absolute atomic E-state index is 0.0505. The van der Waals surface area contributed by atoms with Gasteiger partial charge >= 0.3 is 0 Å². The van der Waals surface area contributed by atoms with Crippen molar-refractivity contribution in [3.63, 3.8) is 0 Å². The van der Waals surface area contributed by atoms with E-state index in [1.807, 2.05) is 37.3 Å². The zero-order valence-corrected chi connectivity index (χ0v) is 16.5. The van der Waals surface area contributed by atoms with Crippen molar-refractivity contribution in [3.8, 4) is 5.75 Å². The van der Waals surface area contributed by atoms with Gasteiger partial charge in [0.1, 0.15) is 12.4 Å². The Labute approximate surface area is 164 Å². The molecule has 0 fully saturated rings. The van der Waals surface area contributed by atoms with Crippen LogP contribution in [0.25, 0.3) is 0 Å². The molecule has 0 spiro atoms. The zero-order valence-electron chi connectivity index (χ0n) is 15.0. The Morgan fingerprint density at radius 2 is 1.88 bits per heavy atom. The number of hydrogen-bond acceptors (Lipinski definition) is 3. The predicted molar refractivity (Wildman–Crippen MR) is 107 cm³/mol. The lowest BCUT2D eigenvalue weighted by Crippen LogP contribution is -2.13. The average Bonchev–Trinajstić information content (AvgIpc) is 2.60. The molecule has 0 saturated carbocycles. The summed E-state index contributed by atoms with van der Waals surface area (Å²) in [6.45, 7) is 2.90. The van der Waals surface area contributed by atoms with Crippen molar-refractivity contribution in [3.05, 3.63) is 57.6 Å². The van der Waals surface area contributed by atoms with Crippen LogP contribution in [-0.4, -0.2) is 26.2 Å². The van der Waals surface area contributed by atoms with Crippen molar-refractivity contribution >= 4 is 34.8 Å². The average molecular weight is 396 g/mol. The second kappa shape index (κ2) is 10.4. The summed E-state index contributed by atoms with van der Waals surface area (Å²) in [4.78, 5) is 12.3. The van der Waals surface area contributed by atoms with E-state index in [0.717, 1.165) is 24.0 Å². The molecule has 0 radical (unpaired) electrons. The van der Waals surface area contributed by atoms with Crippen LogP contribution >= 0.6 is 23.2 Å². The van der Waals surface area contributed by atoms with Crippen LogP contribution in [0.4, 0.5) is 5.69 Å². The lowest BCUT2D eigenvalue weighted by atomic mass is 10.1. The molecule has 1 amide bonds. The third-order valence-corrected chi connectivity index (χ3v) is 4.55. The van der Waals surface area contributed by atoms with E-state index in [-0.39, 0.29) is 5.91 Å². The van der Waals surface area contributed by atoms with Crippen LogP contribution in [0.3, 0.4) is 0 Å². The highest BCUT2D eigenvalue weighted by molar-refractivity contribution is 6.42. The van der Waals surface area contributed by atoms with E-state index in [1.165, 1.54) is 0 Å². The van der Waals surface area contributed by atoms with Crippen molar-refractivity contribution in [2.24, 2.45) is 0 Å². The molecule has 0 saturated heterocycles. The summed E-state index contributed by atoms with van der Waals surface area (Å²) in [7, 11) is 1.62. The third kappa shape index (κ3) is 6.52. The molecule has 4 nitrogen and oxygen atoms in total. The topological polar surface area (TPSA) is 47.6 Å². The monoisotopic (exact) mass is 395 g/mol. The van der Waals surface area contributed by atoms with Gasteiger partial charge in [0.25, 0.3) is 0 Å². The van der Waals surface area contributed by atoms with Crippen molar-refractivity contribution in [2.75, 3.05) is 25.6 Å². The number of anilines is 1. The van der Waals surface area contributed by atoms with Crippen LogP contribution in [0.1, 0.15) is 24.0 Å². The van der Waals surface area contributed by atoms with Gasteiger partial charge in [-0.1, -0.05) is 35.3 Å². The second-order valence-electron chi connectivity index (χ2n) is 5.99. The number of nitrogens with one attached hydrogen (secondary N) is 1. The fourth-order valence-corrected chi connectivity index (χ4v) is 2.77. The van der Waals surface area contributed by atoms with E-state index in [0.29, 0.717) is 41.1 Å². The Hall–Kier alpha value is -1.75. The minimum atomic E-state index is -0.0505. The molecule has 0 aromatic heterocycles. The Morgan fingerprint density at radius 1 is 1.08 bits per heavy atom. The van der Waals surface area contributed by atoms with Crippen LogP contribution in [-0.2, 0) is 16.0 Å². The lowest BCUT2D eigenvalue weighted by Gasteiger charge is -2.13. The molecular formula is C20H23Cl2NO3. The number of ether oxygens (including phenoxy) is 2. The SMILES string of the molecule is COCCOc1cc(C)ccc1NC(=O)CCCc1ccc(Cl)c(Cl)c1. The zero-order chi connectivity index (χ0) is 18.9. The molecule has 0 heterocycles. The molecule has 6 heteroatoms. The van der Waals surface area contributed by atoms with E-state index < -0.39 is 0 Å². The molecule has 0 aliphatic heterocycles. The number of carbonyl (C=O) groups excluding carboxylic acids is 1. The molecule has 0 unspecified atom stereocenters. The number of aryl methyl sites for hydroxylation is 2. The first-order chi connectivity index (χ1) is 12.5. The Kier molecular flexibility index (Phi) is 8.23. The summed E-state index contributed by atoms with van der Waals surface area (Å²) >= 11 is 11.9. The summed E-state index contributed by atoms with van der Waals surface area (Å²) in [6.07, 6.45) is 1.89. The first-order valence-corrected chi connectivity index (χ1v) is 9.21. The number of rotatable bonds is 9. The highest BCUT2D eigenvalue weighted by Crippen LogP contribution is 2.26. The van der Waals surface area contributed by atoms with Crippen molar-refractivity contribution in [2.45, 2.75) is 26.2 Å². The van der Waals surface area contributed by atoms with E-state index in [9.17, 15) is 4.79 Å². The van der Waals surface area contributed by atoms with Crippen LogP contribution < -0.4 is 10.1 Å². The van der Waals surface area contributed by atoms with Gasteiger partial charge in [-0.25, -0.2) is 0 Å². The van der Waals surface area contributed by atoms with Gasteiger partial charge in [-0.3, -0.25) is 4.79 Å². The molecule has 2 aromatic rings. The molecule has 0 aliphatic rings. The van der Waals surface area contributed by atoms with Crippen LogP contribution in [0.5, 0.6) is 5.75 Å². The maximum absolute atomic E-state index is 12.3. The van der Waals surface area contributed by atoms with Gasteiger partial charge in [-0.05, 0) is 55.2 Å². The van der Waals surface area contributed by atoms with Gasteiger partial charge in [0.05, 0.1) is 22.3 Å². The molecule has 0 atom stereocenters. The Bertz CT molecular complexity index is 750. The fourth-order valence-electron chi connectivity index (χ4n) is 2.45. The predicted octanol–water partition coefficient (Wildman–Crippen LogP) is 5.29. The van der Waals surface area contributed by atoms with Gasteiger partial charge < -0.3 is 14.8 Å². The van der Waals surface area contributed by atoms with E-state index in [4.69, 9.17) is 32.7 Å². The summed E-state index contributed by atoms with van der Waals surface area (Å²) in [5.41, 5.74) is 2.80. The standard InChI is InChI=1S/C20H23Cl2NO3/c1-14-6-9-18(19(12-14)26-11-10-25-2)23-20(24)5-3-4-15-7-8-16(21)17(22)13-15/h6-9,12-13H,3-5,10-11H2,1-2H3,(H,23,24). The van der Waals surface area contributed by atoms with Gasteiger partial charge in [0, 0.05) is 13.5 Å². The van der Waals surface area contributed by atoms with Gasteiger partial charge in [0.15, 0.2) is 0 Å². The number of methoxy groups -OCH3 is 1. The van der Waals surface area contributed by atoms with Gasteiger partial charge in [-0.2, -0.15) is 0 Å². The molecule has 0 bridgehead atoms. The minimum Gasteiger partial charge on any atom is -0.489 e. The second-order valence-corrected chi connectivity index (χ2v) is 6.81. The normalized spacial score (nSPS) is 10.6. The summed E-state index contributed by atoms with van der Waals surface area (Å²) in [5, 5.41) is 3.99. The first kappa shape index (κ1) is 20.6. The fraction of sp³-hybridized carbons (Fsp3) is 0.350. The first-order valence-electron chi connectivity index (χ1n) is 8.45. The van der Waals surface area contributed by atoms with Crippen molar-refractivity contribution in [1.82, 2.24) is 0 Å². The summed E-state index contributed by atoms with van der Waals surface area (Å²) in [5.74, 6) is 0.602. The maximum Gasteiger partial charge on any atom is 0.224 e. The molecule has 2 rings (SSSR count). The molecule has 140 valence electrons. The largest absolute Gasteiger partial charge is 0.489 e. The van der Waals surface area contributed by atoms with Crippen LogP contribution in [0.2, 0.25) is 10.0 Å². The molecule has 26 heavy (non-hydrogen) atoms. The maximum atomic E-state index is 12.3. The van der Waals surface area contributed by atoms with E-state index in [2.05, 4.69) is 5.32 Å². The highest BCUT2D eigenvalue weighted by Gasteiger charge is 2.09. The molecule has 0 aliphatic carbocycles. The van der Waals surface area contributed by atoms with E-state index >= 15 is 0 Å². The number of hydrogen-bond donors (Lipinski definition) is 1. The van der Waals surface area contributed by atoms with Crippen LogP contribution in [0, 0.1) is 6.92 Å². The lowest BCUT2D eigenvalue weighted by molar-refractivity contribution is -0.116. The molecular weight excluding hydrogens is 373 g/mol. The van der Waals surface area contributed by atoms with E-state index in [1.54, 1.807) is 13.2 Å². The van der Waals surface area contributed by atoms with Gasteiger partial charge in [-0.15, -0.1) is 0 Å². The summed E-state index contributed by atoms with van der Waals surface area (Å²) in [6, 6.07) is 11.2. The quantitative estimate of drug-likeness (QED) is 0.586. The smallest absolute Gasteiger partial charge is 0.224 e. The Morgan fingerprint density at radius 3 is 2.62 bits per heavy atom. The highest BCUT2D eigenvalue weighted by atomic mass is 35.5. The number of benzene rings is 2. The summed E-state index contributed by atoms with van der Waals surface area (Å²) < 4.78 is 10.7. The van der Waals surface area contributed by atoms with Crippen molar-refractivity contribution in [1.29, 1.82) is 0 Å². The Balaban J connectivity index is 1.87. The molecule has 2 aromatic carbocycles. The van der Waals surface area contributed by atoms with Crippen molar-refractivity contribution < 1.29 is 14.3 Å². The molecule has 1 N–H and O–H groups in total. The van der Waals surface area contributed by atoms with Gasteiger partial charge in [0.2, 0.25) is 5.91 Å². The van der Waals surface area contributed by atoms with Crippen LogP contribution in [0.15, 0.2) is 36.4 Å². The number of halogens is 2. The third-order valence-electron chi connectivity index (χ3n) is 3.81.